The molecule has 0 aliphatic heterocycles. The lowest BCUT2D eigenvalue weighted by molar-refractivity contribution is -0.126. The van der Waals surface area contributed by atoms with Crippen molar-refractivity contribution in [3.8, 4) is 17.0 Å². The van der Waals surface area contributed by atoms with Crippen molar-refractivity contribution in [2.45, 2.75) is 44.6 Å². The molecule has 1 saturated carbocycles. The van der Waals surface area contributed by atoms with E-state index in [1.165, 1.54) is 0 Å². The molecule has 0 radical (unpaired) electrons. The Labute approximate surface area is 194 Å². The SMILES string of the molecule is COc1ccc(C2(C(=O)NCc3ccc(-c4ccc(C(N)=O)c(C)n4)cc3)CCCC2)cc1. The van der Waals surface area contributed by atoms with Gasteiger partial charge in [0.05, 0.1) is 29.5 Å². The van der Waals surface area contributed by atoms with E-state index in [9.17, 15) is 9.59 Å². The van der Waals surface area contributed by atoms with Crippen LogP contribution in [0.3, 0.4) is 0 Å². The van der Waals surface area contributed by atoms with Gasteiger partial charge in [-0.2, -0.15) is 0 Å². The van der Waals surface area contributed by atoms with Gasteiger partial charge in [0.2, 0.25) is 5.91 Å². The largest absolute Gasteiger partial charge is 0.497 e. The predicted molar refractivity (Wildman–Crippen MR) is 128 cm³/mol. The van der Waals surface area contributed by atoms with Gasteiger partial charge in [0.15, 0.2) is 0 Å². The zero-order valence-electron chi connectivity index (χ0n) is 19.1. The van der Waals surface area contributed by atoms with Crippen LogP contribution in [0.2, 0.25) is 0 Å². The highest BCUT2D eigenvalue weighted by molar-refractivity contribution is 5.94. The highest BCUT2D eigenvalue weighted by Crippen LogP contribution is 2.42. The van der Waals surface area contributed by atoms with Crippen LogP contribution < -0.4 is 15.8 Å². The molecule has 170 valence electrons. The third kappa shape index (κ3) is 4.60. The first-order valence-corrected chi connectivity index (χ1v) is 11.2. The fourth-order valence-electron chi connectivity index (χ4n) is 4.66. The summed E-state index contributed by atoms with van der Waals surface area (Å²) in [6.07, 6.45) is 3.82. The number of hydrogen-bond acceptors (Lipinski definition) is 4. The second kappa shape index (κ2) is 9.45. The van der Waals surface area contributed by atoms with Crippen LogP contribution in [0.1, 0.15) is 52.9 Å². The molecule has 0 spiro atoms. The van der Waals surface area contributed by atoms with E-state index in [0.717, 1.165) is 53.8 Å². The smallest absolute Gasteiger partial charge is 0.250 e. The first kappa shape index (κ1) is 22.5. The first-order chi connectivity index (χ1) is 15.9. The fourth-order valence-corrected chi connectivity index (χ4v) is 4.66. The molecule has 6 heteroatoms. The zero-order chi connectivity index (χ0) is 23.4. The minimum Gasteiger partial charge on any atom is -0.497 e. The molecule has 1 aliphatic rings. The molecule has 1 aromatic heterocycles. The molecule has 2 amide bonds. The minimum atomic E-state index is -0.479. The third-order valence-corrected chi connectivity index (χ3v) is 6.59. The quantitative estimate of drug-likeness (QED) is 0.569. The Morgan fingerprint density at radius 3 is 2.24 bits per heavy atom. The summed E-state index contributed by atoms with van der Waals surface area (Å²) in [6, 6.07) is 19.3. The van der Waals surface area contributed by atoms with Crippen LogP contribution in [0.15, 0.2) is 60.7 Å². The van der Waals surface area contributed by atoms with Crippen LogP contribution in [0, 0.1) is 6.92 Å². The van der Waals surface area contributed by atoms with Gasteiger partial charge in [-0.3, -0.25) is 14.6 Å². The van der Waals surface area contributed by atoms with Gasteiger partial charge < -0.3 is 15.8 Å². The van der Waals surface area contributed by atoms with Crippen LogP contribution in [0.5, 0.6) is 5.75 Å². The number of hydrogen-bond donors (Lipinski definition) is 2. The van der Waals surface area contributed by atoms with Crippen molar-refractivity contribution in [2.24, 2.45) is 5.73 Å². The molecule has 3 aromatic rings. The number of carbonyl (C=O) groups excluding carboxylic acids is 2. The number of nitrogens with two attached hydrogens (primary N) is 1. The van der Waals surface area contributed by atoms with Crippen LogP contribution in [-0.4, -0.2) is 23.9 Å². The lowest BCUT2D eigenvalue weighted by atomic mass is 9.78. The van der Waals surface area contributed by atoms with Crippen molar-refractivity contribution in [1.82, 2.24) is 10.3 Å². The molecule has 0 atom stereocenters. The Morgan fingerprint density at radius 1 is 1.00 bits per heavy atom. The number of rotatable bonds is 7. The van der Waals surface area contributed by atoms with Gasteiger partial charge in [0, 0.05) is 12.1 Å². The van der Waals surface area contributed by atoms with E-state index >= 15 is 0 Å². The number of amides is 2. The number of carbonyl (C=O) groups is 2. The Kier molecular flexibility index (Phi) is 6.45. The number of ether oxygens (including phenoxy) is 1. The van der Waals surface area contributed by atoms with E-state index in [4.69, 9.17) is 10.5 Å². The van der Waals surface area contributed by atoms with Gasteiger partial charge in [-0.1, -0.05) is 49.2 Å². The number of nitrogens with zero attached hydrogens (tertiary/aromatic N) is 1. The normalized spacial score (nSPS) is 14.6. The third-order valence-electron chi connectivity index (χ3n) is 6.59. The van der Waals surface area contributed by atoms with Gasteiger partial charge in [-0.15, -0.1) is 0 Å². The van der Waals surface area contributed by atoms with E-state index in [0.29, 0.717) is 17.8 Å². The van der Waals surface area contributed by atoms with E-state index in [1.54, 1.807) is 26.2 Å². The summed E-state index contributed by atoms with van der Waals surface area (Å²) in [5.41, 5.74) is 9.70. The van der Waals surface area contributed by atoms with E-state index in [2.05, 4.69) is 10.3 Å². The second-order valence-corrected chi connectivity index (χ2v) is 8.59. The summed E-state index contributed by atoms with van der Waals surface area (Å²) in [7, 11) is 1.64. The summed E-state index contributed by atoms with van der Waals surface area (Å²) < 4.78 is 5.27. The maximum atomic E-state index is 13.3. The fraction of sp³-hybridized carbons (Fsp3) is 0.296. The summed E-state index contributed by atoms with van der Waals surface area (Å²) in [4.78, 5) is 29.2. The minimum absolute atomic E-state index is 0.0774. The average Bonchev–Trinajstić information content (AvgIpc) is 3.34. The van der Waals surface area contributed by atoms with Gasteiger partial charge >= 0.3 is 0 Å². The number of nitrogens with one attached hydrogen (secondary N) is 1. The topological polar surface area (TPSA) is 94.3 Å². The van der Waals surface area contributed by atoms with Crippen molar-refractivity contribution in [2.75, 3.05) is 7.11 Å². The van der Waals surface area contributed by atoms with Gasteiger partial charge in [0.1, 0.15) is 5.75 Å². The molecular weight excluding hydrogens is 414 g/mol. The predicted octanol–water partition coefficient (Wildman–Crippen LogP) is 4.29. The number of aromatic nitrogens is 1. The molecule has 33 heavy (non-hydrogen) atoms. The highest BCUT2D eigenvalue weighted by atomic mass is 16.5. The molecule has 6 nitrogen and oxygen atoms in total. The molecule has 3 N–H and O–H groups in total. The maximum absolute atomic E-state index is 13.3. The van der Waals surface area contributed by atoms with Crippen molar-refractivity contribution >= 4 is 11.8 Å². The van der Waals surface area contributed by atoms with Crippen LogP contribution in [0.25, 0.3) is 11.3 Å². The van der Waals surface area contributed by atoms with Gasteiger partial charge in [-0.25, -0.2) is 0 Å². The maximum Gasteiger partial charge on any atom is 0.250 e. The van der Waals surface area contributed by atoms with E-state index in [-0.39, 0.29) is 5.91 Å². The number of benzene rings is 2. The Bertz CT molecular complexity index is 1150. The first-order valence-electron chi connectivity index (χ1n) is 11.2. The summed E-state index contributed by atoms with van der Waals surface area (Å²) >= 11 is 0. The van der Waals surface area contributed by atoms with Crippen LogP contribution in [0.4, 0.5) is 0 Å². The molecule has 0 unspecified atom stereocenters. The summed E-state index contributed by atoms with van der Waals surface area (Å²) in [5.74, 6) is 0.391. The van der Waals surface area contributed by atoms with E-state index in [1.807, 2.05) is 48.5 Å². The zero-order valence-corrected chi connectivity index (χ0v) is 19.1. The van der Waals surface area contributed by atoms with Crippen molar-refractivity contribution in [3.63, 3.8) is 0 Å². The standard InChI is InChI=1S/C27H29N3O3/c1-18-23(25(28)31)13-14-24(30-18)20-7-5-19(6-8-20)17-29-26(32)27(15-3-4-16-27)21-9-11-22(33-2)12-10-21/h5-14H,3-4,15-17H2,1-2H3,(H2,28,31)(H,29,32). The lowest BCUT2D eigenvalue weighted by Crippen LogP contribution is -2.42. The second-order valence-electron chi connectivity index (χ2n) is 8.59. The lowest BCUT2D eigenvalue weighted by Gasteiger charge is -2.28. The molecule has 2 aromatic carbocycles. The van der Waals surface area contributed by atoms with Gasteiger partial charge in [-0.05, 0) is 55.2 Å². The van der Waals surface area contributed by atoms with Crippen molar-refractivity contribution in [3.05, 3.63) is 83.0 Å². The van der Waals surface area contributed by atoms with Crippen molar-refractivity contribution < 1.29 is 14.3 Å². The monoisotopic (exact) mass is 443 g/mol. The molecule has 0 saturated heterocycles. The molecular formula is C27H29N3O3. The molecule has 1 aliphatic carbocycles. The Balaban J connectivity index is 1.45. The van der Waals surface area contributed by atoms with Gasteiger partial charge in [0.25, 0.3) is 5.91 Å². The van der Waals surface area contributed by atoms with Crippen LogP contribution >= 0.6 is 0 Å². The average molecular weight is 444 g/mol. The van der Waals surface area contributed by atoms with E-state index < -0.39 is 11.3 Å². The molecule has 1 heterocycles. The Hall–Kier alpha value is -3.67. The summed E-state index contributed by atoms with van der Waals surface area (Å²) in [5, 5.41) is 3.16. The number of pyridine rings is 1. The summed E-state index contributed by atoms with van der Waals surface area (Å²) in [6.45, 7) is 2.24. The Morgan fingerprint density at radius 2 is 1.67 bits per heavy atom. The molecule has 1 fully saturated rings. The number of methoxy groups -OCH3 is 1. The van der Waals surface area contributed by atoms with Crippen molar-refractivity contribution in [1.29, 1.82) is 0 Å². The van der Waals surface area contributed by atoms with Crippen LogP contribution in [-0.2, 0) is 16.8 Å². The number of primary amides is 1. The molecule has 4 rings (SSSR count). The molecule has 0 bridgehead atoms. The highest BCUT2D eigenvalue weighted by Gasteiger charge is 2.42. The number of aryl methyl sites for hydroxylation is 1.